The highest BCUT2D eigenvalue weighted by Crippen LogP contribution is 2.32. The van der Waals surface area contributed by atoms with Crippen LogP contribution in [0.15, 0.2) is 42.6 Å². The predicted molar refractivity (Wildman–Crippen MR) is 92.1 cm³/mol. The molecule has 0 amide bonds. The molecular formula is C17H13N5O2S. The third-order valence-corrected chi connectivity index (χ3v) is 4.79. The highest BCUT2D eigenvalue weighted by molar-refractivity contribution is 7.16. The van der Waals surface area contributed by atoms with Crippen molar-refractivity contribution in [1.82, 2.24) is 24.8 Å². The summed E-state index contributed by atoms with van der Waals surface area (Å²) in [7, 11) is 0. The number of aromatic nitrogens is 5. The second kappa shape index (κ2) is 5.82. The fourth-order valence-electron chi connectivity index (χ4n) is 2.76. The Morgan fingerprint density at radius 3 is 2.84 bits per heavy atom. The zero-order valence-corrected chi connectivity index (χ0v) is 13.9. The summed E-state index contributed by atoms with van der Waals surface area (Å²) in [4.78, 5) is 5.08. The lowest BCUT2D eigenvalue weighted by molar-refractivity contribution is 0.171. The first kappa shape index (κ1) is 14.4. The molecule has 0 atom stereocenters. The standard InChI is InChI=1S/C17H13N5O2S/c1-2-6-18-12(3-1)16-19-20-17-22(16)21-15(25-17)10-11-4-5-13-14(9-11)24-8-7-23-13/h1-6,9H,7-8,10H2. The van der Waals surface area contributed by atoms with Crippen molar-refractivity contribution >= 4 is 16.3 Å². The molecule has 4 heterocycles. The summed E-state index contributed by atoms with van der Waals surface area (Å²) in [6.45, 7) is 1.18. The number of benzene rings is 1. The number of rotatable bonds is 3. The lowest BCUT2D eigenvalue weighted by Crippen LogP contribution is -2.15. The highest BCUT2D eigenvalue weighted by atomic mass is 32.1. The van der Waals surface area contributed by atoms with Crippen LogP contribution in [0.1, 0.15) is 10.6 Å². The van der Waals surface area contributed by atoms with Gasteiger partial charge in [-0.25, -0.2) is 0 Å². The molecule has 4 aromatic rings. The predicted octanol–water partition coefficient (Wildman–Crippen LogP) is 2.61. The number of pyridine rings is 1. The molecule has 5 rings (SSSR count). The van der Waals surface area contributed by atoms with Crippen molar-refractivity contribution in [2.24, 2.45) is 0 Å². The van der Waals surface area contributed by atoms with Gasteiger partial charge < -0.3 is 9.47 Å². The van der Waals surface area contributed by atoms with Gasteiger partial charge in [-0.1, -0.05) is 23.5 Å². The molecule has 0 saturated carbocycles. The van der Waals surface area contributed by atoms with Crippen LogP contribution in [0.2, 0.25) is 0 Å². The third-order valence-electron chi connectivity index (χ3n) is 3.89. The van der Waals surface area contributed by atoms with E-state index < -0.39 is 0 Å². The largest absolute Gasteiger partial charge is 0.486 e. The molecule has 0 bridgehead atoms. The number of fused-ring (bicyclic) bond motifs is 2. The van der Waals surface area contributed by atoms with Crippen molar-refractivity contribution < 1.29 is 9.47 Å². The zero-order valence-electron chi connectivity index (χ0n) is 13.1. The maximum atomic E-state index is 5.64. The van der Waals surface area contributed by atoms with Crippen molar-refractivity contribution in [2.45, 2.75) is 6.42 Å². The van der Waals surface area contributed by atoms with E-state index >= 15 is 0 Å². The van der Waals surface area contributed by atoms with Crippen LogP contribution in [0.25, 0.3) is 16.5 Å². The van der Waals surface area contributed by atoms with Crippen molar-refractivity contribution in [3.8, 4) is 23.0 Å². The molecule has 1 aliphatic heterocycles. The van der Waals surface area contributed by atoms with E-state index in [0.29, 0.717) is 25.5 Å². The minimum absolute atomic E-state index is 0.584. The van der Waals surface area contributed by atoms with Gasteiger partial charge in [0.05, 0.1) is 0 Å². The lowest BCUT2D eigenvalue weighted by Gasteiger charge is -2.18. The van der Waals surface area contributed by atoms with Crippen LogP contribution in [0.3, 0.4) is 0 Å². The molecule has 25 heavy (non-hydrogen) atoms. The summed E-state index contributed by atoms with van der Waals surface area (Å²) in [5, 5.41) is 14.0. The number of ether oxygens (including phenoxy) is 2. The van der Waals surface area contributed by atoms with Crippen molar-refractivity contribution in [3.63, 3.8) is 0 Å². The molecule has 1 aromatic carbocycles. The van der Waals surface area contributed by atoms with Crippen LogP contribution in [0.4, 0.5) is 0 Å². The van der Waals surface area contributed by atoms with Crippen molar-refractivity contribution in [3.05, 3.63) is 53.2 Å². The zero-order chi connectivity index (χ0) is 16.6. The van der Waals surface area contributed by atoms with Gasteiger partial charge in [0.1, 0.15) is 23.9 Å². The van der Waals surface area contributed by atoms with Gasteiger partial charge in [0.2, 0.25) is 10.8 Å². The Bertz CT molecular complexity index is 1040. The van der Waals surface area contributed by atoms with E-state index in [0.717, 1.165) is 32.7 Å². The Kier molecular flexibility index (Phi) is 3.34. The second-order valence-electron chi connectivity index (χ2n) is 5.58. The molecule has 0 saturated heterocycles. The van der Waals surface area contributed by atoms with Gasteiger partial charge in [-0.15, -0.1) is 10.2 Å². The van der Waals surface area contributed by atoms with Crippen molar-refractivity contribution in [2.75, 3.05) is 13.2 Å². The monoisotopic (exact) mass is 351 g/mol. The molecule has 3 aromatic heterocycles. The summed E-state index contributed by atoms with van der Waals surface area (Å²) in [6, 6.07) is 11.7. The SMILES string of the molecule is c1ccc(-c2nnc3sc(Cc4ccc5c(c4)OCCO5)nn23)nc1. The number of hydrogen-bond donors (Lipinski definition) is 0. The molecule has 0 radical (unpaired) electrons. The topological polar surface area (TPSA) is 74.4 Å². The fourth-order valence-corrected chi connectivity index (χ4v) is 3.62. The smallest absolute Gasteiger partial charge is 0.235 e. The molecule has 7 nitrogen and oxygen atoms in total. The van der Waals surface area contributed by atoms with E-state index in [1.807, 2.05) is 36.4 Å². The van der Waals surface area contributed by atoms with Gasteiger partial charge in [-0.3, -0.25) is 4.98 Å². The minimum Gasteiger partial charge on any atom is -0.486 e. The number of hydrogen-bond acceptors (Lipinski definition) is 7. The van der Waals surface area contributed by atoms with Gasteiger partial charge >= 0.3 is 0 Å². The highest BCUT2D eigenvalue weighted by Gasteiger charge is 2.16. The Morgan fingerprint density at radius 2 is 1.96 bits per heavy atom. The average Bonchev–Trinajstić information content (AvgIpc) is 3.22. The van der Waals surface area contributed by atoms with E-state index in [1.54, 1.807) is 10.7 Å². The van der Waals surface area contributed by atoms with E-state index in [9.17, 15) is 0 Å². The van der Waals surface area contributed by atoms with Crippen molar-refractivity contribution in [1.29, 1.82) is 0 Å². The Morgan fingerprint density at radius 1 is 1.04 bits per heavy atom. The Hall–Kier alpha value is -3.00. The molecule has 0 spiro atoms. The fraction of sp³-hybridized carbons (Fsp3) is 0.176. The van der Waals surface area contributed by atoms with Crippen LogP contribution in [0.5, 0.6) is 11.5 Å². The summed E-state index contributed by atoms with van der Waals surface area (Å²) < 4.78 is 13.0. The quantitative estimate of drug-likeness (QED) is 0.565. The third kappa shape index (κ3) is 2.60. The summed E-state index contributed by atoms with van der Waals surface area (Å²) in [5.74, 6) is 2.24. The molecule has 0 N–H and O–H groups in total. The lowest BCUT2D eigenvalue weighted by atomic mass is 10.1. The first-order valence-electron chi connectivity index (χ1n) is 7.88. The molecule has 0 fully saturated rings. The molecule has 1 aliphatic rings. The van der Waals surface area contributed by atoms with Crippen LogP contribution >= 0.6 is 11.3 Å². The van der Waals surface area contributed by atoms with E-state index in [-0.39, 0.29) is 0 Å². The van der Waals surface area contributed by atoms with Gasteiger partial charge in [0.25, 0.3) is 0 Å². The Balaban J connectivity index is 1.47. The van der Waals surface area contributed by atoms with Gasteiger partial charge in [0, 0.05) is 12.6 Å². The van der Waals surface area contributed by atoms with Crippen LogP contribution in [0, 0.1) is 0 Å². The van der Waals surface area contributed by atoms with E-state index in [4.69, 9.17) is 9.47 Å². The number of nitrogens with zero attached hydrogens (tertiary/aromatic N) is 5. The van der Waals surface area contributed by atoms with Crippen LogP contribution < -0.4 is 9.47 Å². The second-order valence-corrected chi connectivity index (χ2v) is 6.62. The molecular weight excluding hydrogens is 338 g/mol. The normalized spacial score (nSPS) is 13.3. The molecule has 124 valence electrons. The minimum atomic E-state index is 0.584. The van der Waals surface area contributed by atoms with E-state index in [1.165, 1.54) is 11.3 Å². The Labute approximate surface area is 146 Å². The maximum absolute atomic E-state index is 5.64. The van der Waals surface area contributed by atoms with Crippen LogP contribution in [-0.4, -0.2) is 38.0 Å². The first-order chi connectivity index (χ1) is 12.4. The van der Waals surface area contributed by atoms with E-state index in [2.05, 4.69) is 20.3 Å². The molecule has 0 aliphatic carbocycles. The molecule has 8 heteroatoms. The maximum Gasteiger partial charge on any atom is 0.235 e. The van der Waals surface area contributed by atoms with Gasteiger partial charge in [0.15, 0.2) is 11.5 Å². The summed E-state index contributed by atoms with van der Waals surface area (Å²) in [5.41, 5.74) is 1.87. The summed E-state index contributed by atoms with van der Waals surface area (Å²) in [6.07, 6.45) is 2.44. The van der Waals surface area contributed by atoms with Gasteiger partial charge in [-0.05, 0) is 29.8 Å². The average molecular weight is 351 g/mol. The molecule has 0 unspecified atom stereocenters. The van der Waals surface area contributed by atoms with Gasteiger partial charge in [-0.2, -0.15) is 9.61 Å². The van der Waals surface area contributed by atoms with Crippen LogP contribution in [-0.2, 0) is 6.42 Å². The summed E-state index contributed by atoms with van der Waals surface area (Å²) >= 11 is 1.52. The first-order valence-corrected chi connectivity index (χ1v) is 8.69.